The van der Waals surface area contributed by atoms with Crippen molar-refractivity contribution in [3.8, 4) is 6.07 Å². The number of urea groups is 1. The van der Waals surface area contributed by atoms with E-state index in [4.69, 9.17) is 11.0 Å². The van der Waals surface area contributed by atoms with Gasteiger partial charge in [0.15, 0.2) is 0 Å². The molecule has 14 heavy (non-hydrogen) atoms. The number of piperidine rings is 1. The van der Waals surface area contributed by atoms with Crippen molar-refractivity contribution >= 4 is 6.03 Å². The van der Waals surface area contributed by atoms with Crippen LogP contribution in [0.4, 0.5) is 4.79 Å². The summed E-state index contributed by atoms with van der Waals surface area (Å²) in [5.74, 6) is 0.680. The molecule has 1 rings (SSSR count). The van der Waals surface area contributed by atoms with Gasteiger partial charge in [-0.3, -0.25) is 0 Å². The molecule has 0 saturated carbocycles. The van der Waals surface area contributed by atoms with E-state index in [1.807, 2.05) is 0 Å². The van der Waals surface area contributed by atoms with Crippen LogP contribution >= 0.6 is 0 Å². The molecule has 1 heterocycles. The zero-order chi connectivity index (χ0) is 10.4. The Kier molecular flexibility index (Phi) is 4.24. The van der Waals surface area contributed by atoms with Crippen LogP contribution in [0.25, 0.3) is 0 Å². The lowest BCUT2D eigenvalue weighted by molar-refractivity contribution is 0.176. The van der Waals surface area contributed by atoms with Crippen LogP contribution in [0.2, 0.25) is 0 Å². The van der Waals surface area contributed by atoms with Gasteiger partial charge in [0.05, 0.1) is 6.07 Å². The number of carbonyl (C=O) groups excluding carboxylic acids is 1. The first-order valence-electron chi connectivity index (χ1n) is 5.15. The molecule has 1 aliphatic heterocycles. The molecule has 1 saturated heterocycles. The van der Waals surface area contributed by atoms with Crippen LogP contribution in [0.3, 0.4) is 0 Å². The second-order valence-electron chi connectivity index (χ2n) is 3.82. The van der Waals surface area contributed by atoms with Gasteiger partial charge < -0.3 is 10.6 Å². The van der Waals surface area contributed by atoms with E-state index in [2.05, 4.69) is 6.07 Å². The van der Waals surface area contributed by atoms with Gasteiger partial charge in [-0.05, 0) is 31.6 Å². The Morgan fingerprint density at radius 1 is 1.50 bits per heavy atom. The van der Waals surface area contributed by atoms with Crippen molar-refractivity contribution < 1.29 is 4.79 Å². The molecule has 0 radical (unpaired) electrons. The van der Waals surface area contributed by atoms with Crippen molar-refractivity contribution in [2.24, 2.45) is 11.7 Å². The predicted octanol–water partition coefficient (Wildman–Crippen LogP) is 1.47. The summed E-state index contributed by atoms with van der Waals surface area (Å²) in [4.78, 5) is 12.5. The Balaban J connectivity index is 2.16. The van der Waals surface area contributed by atoms with Crippen LogP contribution in [0, 0.1) is 17.2 Å². The highest BCUT2D eigenvalue weighted by molar-refractivity contribution is 5.72. The topological polar surface area (TPSA) is 70.1 Å². The lowest BCUT2D eigenvalue weighted by Crippen LogP contribution is -2.41. The van der Waals surface area contributed by atoms with Gasteiger partial charge in [-0.1, -0.05) is 0 Å². The highest BCUT2D eigenvalue weighted by Crippen LogP contribution is 2.22. The largest absolute Gasteiger partial charge is 0.351 e. The third-order valence-corrected chi connectivity index (χ3v) is 2.83. The minimum Gasteiger partial charge on any atom is -0.351 e. The maximum atomic E-state index is 10.8. The highest BCUT2D eigenvalue weighted by Gasteiger charge is 2.20. The smallest absolute Gasteiger partial charge is 0.314 e. The predicted molar refractivity (Wildman–Crippen MR) is 53.3 cm³/mol. The molecular formula is C10H17N3O. The molecule has 0 bridgehead atoms. The summed E-state index contributed by atoms with van der Waals surface area (Å²) in [6, 6.07) is 1.84. The maximum Gasteiger partial charge on any atom is 0.314 e. The second-order valence-corrected chi connectivity index (χ2v) is 3.82. The Labute approximate surface area is 84.7 Å². The van der Waals surface area contributed by atoms with E-state index in [1.165, 1.54) is 0 Å². The molecular weight excluding hydrogens is 178 g/mol. The molecule has 1 aliphatic rings. The number of hydrogen-bond donors (Lipinski definition) is 1. The zero-order valence-corrected chi connectivity index (χ0v) is 8.41. The quantitative estimate of drug-likeness (QED) is 0.693. The van der Waals surface area contributed by atoms with E-state index in [9.17, 15) is 4.79 Å². The van der Waals surface area contributed by atoms with Crippen LogP contribution in [0.15, 0.2) is 0 Å². The molecule has 4 heteroatoms. The van der Waals surface area contributed by atoms with Gasteiger partial charge in [0.2, 0.25) is 0 Å². The third kappa shape index (κ3) is 3.25. The van der Waals surface area contributed by atoms with Crippen molar-refractivity contribution in [1.29, 1.82) is 5.26 Å². The fourth-order valence-corrected chi connectivity index (χ4v) is 1.91. The molecule has 4 nitrogen and oxygen atoms in total. The molecule has 78 valence electrons. The Hall–Kier alpha value is -1.24. The van der Waals surface area contributed by atoms with Crippen LogP contribution in [-0.4, -0.2) is 24.0 Å². The summed E-state index contributed by atoms with van der Waals surface area (Å²) >= 11 is 0. The van der Waals surface area contributed by atoms with E-state index in [-0.39, 0.29) is 6.03 Å². The number of hydrogen-bond acceptors (Lipinski definition) is 2. The average Bonchev–Trinajstić information content (AvgIpc) is 2.19. The summed E-state index contributed by atoms with van der Waals surface area (Å²) in [7, 11) is 0. The fourth-order valence-electron chi connectivity index (χ4n) is 1.91. The van der Waals surface area contributed by atoms with Gasteiger partial charge >= 0.3 is 6.03 Å². The molecule has 0 unspecified atom stereocenters. The fraction of sp³-hybridized carbons (Fsp3) is 0.800. The SMILES string of the molecule is N#CCCCC1CCN(C(N)=O)CC1. The molecule has 2 N–H and O–H groups in total. The molecule has 1 fully saturated rings. The van der Waals surface area contributed by atoms with Crippen LogP contribution in [0.5, 0.6) is 0 Å². The maximum absolute atomic E-state index is 10.8. The third-order valence-electron chi connectivity index (χ3n) is 2.83. The molecule has 0 aromatic heterocycles. The summed E-state index contributed by atoms with van der Waals surface area (Å²) in [6.07, 6.45) is 4.82. The number of nitrogens with zero attached hydrogens (tertiary/aromatic N) is 2. The highest BCUT2D eigenvalue weighted by atomic mass is 16.2. The first-order chi connectivity index (χ1) is 6.74. The molecule has 0 aromatic rings. The lowest BCUT2D eigenvalue weighted by atomic mass is 9.92. The lowest BCUT2D eigenvalue weighted by Gasteiger charge is -2.30. The minimum absolute atomic E-state index is 0.305. The molecule has 0 spiro atoms. The number of rotatable bonds is 3. The molecule has 0 aromatic carbocycles. The van der Waals surface area contributed by atoms with Gasteiger partial charge in [0.1, 0.15) is 0 Å². The van der Waals surface area contributed by atoms with Crippen molar-refractivity contribution in [2.75, 3.05) is 13.1 Å². The standard InChI is InChI=1S/C10H17N3O/c11-6-2-1-3-9-4-7-13(8-5-9)10(12)14/h9H,1-5,7-8H2,(H2,12,14). The van der Waals surface area contributed by atoms with Crippen molar-refractivity contribution in [3.63, 3.8) is 0 Å². The number of unbranched alkanes of at least 4 members (excludes halogenated alkanes) is 1. The summed E-state index contributed by atoms with van der Waals surface area (Å²) < 4.78 is 0. The Bertz CT molecular complexity index is 226. The van der Waals surface area contributed by atoms with E-state index in [0.29, 0.717) is 12.3 Å². The second kappa shape index (κ2) is 5.48. The summed E-state index contributed by atoms with van der Waals surface area (Å²) in [5.41, 5.74) is 5.18. The van der Waals surface area contributed by atoms with Gasteiger partial charge in [-0.2, -0.15) is 5.26 Å². The van der Waals surface area contributed by atoms with Gasteiger partial charge in [-0.15, -0.1) is 0 Å². The number of amides is 2. The van der Waals surface area contributed by atoms with E-state index in [1.54, 1.807) is 4.90 Å². The number of likely N-dealkylation sites (tertiary alicyclic amines) is 1. The van der Waals surface area contributed by atoms with Crippen molar-refractivity contribution in [3.05, 3.63) is 0 Å². The summed E-state index contributed by atoms with van der Waals surface area (Å²) in [6.45, 7) is 1.57. The molecule has 0 aliphatic carbocycles. The summed E-state index contributed by atoms with van der Waals surface area (Å²) in [5, 5.41) is 8.39. The van der Waals surface area contributed by atoms with E-state index in [0.717, 1.165) is 38.8 Å². The first kappa shape index (κ1) is 10.8. The van der Waals surface area contributed by atoms with Gasteiger partial charge in [-0.25, -0.2) is 4.79 Å². The van der Waals surface area contributed by atoms with Crippen molar-refractivity contribution in [2.45, 2.75) is 32.1 Å². The van der Waals surface area contributed by atoms with Crippen molar-refractivity contribution in [1.82, 2.24) is 4.90 Å². The van der Waals surface area contributed by atoms with Gasteiger partial charge in [0, 0.05) is 19.5 Å². The monoisotopic (exact) mass is 195 g/mol. The Morgan fingerprint density at radius 2 is 2.14 bits per heavy atom. The number of nitrogens with two attached hydrogens (primary N) is 1. The first-order valence-corrected chi connectivity index (χ1v) is 5.15. The number of carbonyl (C=O) groups is 1. The average molecular weight is 195 g/mol. The van der Waals surface area contributed by atoms with Crippen LogP contribution in [-0.2, 0) is 0 Å². The van der Waals surface area contributed by atoms with E-state index >= 15 is 0 Å². The number of nitriles is 1. The minimum atomic E-state index is -0.305. The van der Waals surface area contributed by atoms with E-state index < -0.39 is 0 Å². The van der Waals surface area contributed by atoms with Crippen LogP contribution in [0.1, 0.15) is 32.1 Å². The van der Waals surface area contributed by atoms with Crippen LogP contribution < -0.4 is 5.73 Å². The molecule has 2 amide bonds. The Morgan fingerprint density at radius 3 is 2.64 bits per heavy atom. The molecule has 0 atom stereocenters. The number of primary amides is 1. The normalized spacial score (nSPS) is 17.8. The zero-order valence-electron chi connectivity index (χ0n) is 8.41. The van der Waals surface area contributed by atoms with Gasteiger partial charge in [0.25, 0.3) is 0 Å².